The molecule has 0 aliphatic heterocycles. The highest BCUT2D eigenvalue weighted by molar-refractivity contribution is 5.89. The molecule has 0 atom stereocenters. The van der Waals surface area contributed by atoms with E-state index in [1.165, 1.54) is 16.7 Å². The van der Waals surface area contributed by atoms with Crippen molar-refractivity contribution in [2.24, 2.45) is 0 Å². The fourth-order valence-corrected chi connectivity index (χ4v) is 2.61. The first-order chi connectivity index (χ1) is 11.0. The quantitative estimate of drug-likeness (QED) is 0.799. The molecule has 0 saturated carbocycles. The highest BCUT2D eigenvalue weighted by atomic mass is 16.1. The van der Waals surface area contributed by atoms with Crippen molar-refractivity contribution in [3.63, 3.8) is 0 Å². The lowest BCUT2D eigenvalue weighted by atomic mass is 10.0. The van der Waals surface area contributed by atoms with Gasteiger partial charge in [-0.25, -0.2) is 4.98 Å². The van der Waals surface area contributed by atoms with Crippen molar-refractivity contribution in [2.75, 3.05) is 10.6 Å². The molecule has 4 heteroatoms. The highest BCUT2D eigenvalue weighted by Gasteiger charge is 2.06. The molecule has 2 rings (SSSR count). The van der Waals surface area contributed by atoms with Crippen LogP contribution in [-0.2, 0) is 4.79 Å². The van der Waals surface area contributed by atoms with E-state index in [1.54, 1.807) is 6.20 Å². The molecular weight excluding hydrogens is 286 g/mol. The number of nitrogens with one attached hydrogen (secondary N) is 2. The zero-order valence-electron chi connectivity index (χ0n) is 14.4. The van der Waals surface area contributed by atoms with E-state index in [9.17, 15) is 4.79 Å². The second kappa shape index (κ2) is 7.77. The van der Waals surface area contributed by atoms with Crippen LogP contribution in [0.5, 0.6) is 0 Å². The molecule has 1 heterocycles. The fourth-order valence-electron chi connectivity index (χ4n) is 2.61. The molecule has 1 aromatic carbocycles. The number of unbranched alkanes of at least 4 members (excludes halogenated alkanes) is 1. The van der Waals surface area contributed by atoms with Gasteiger partial charge in [0.25, 0.3) is 0 Å². The van der Waals surface area contributed by atoms with Gasteiger partial charge in [-0.3, -0.25) is 4.79 Å². The third kappa shape index (κ3) is 4.81. The molecule has 0 spiro atoms. The van der Waals surface area contributed by atoms with Gasteiger partial charge in [-0.1, -0.05) is 31.0 Å². The van der Waals surface area contributed by atoms with E-state index < -0.39 is 0 Å². The Labute approximate surface area is 138 Å². The molecule has 0 unspecified atom stereocenters. The summed E-state index contributed by atoms with van der Waals surface area (Å²) in [4.78, 5) is 16.0. The maximum Gasteiger partial charge on any atom is 0.225 e. The first-order valence-electron chi connectivity index (χ1n) is 8.10. The van der Waals surface area contributed by atoms with E-state index in [1.807, 2.05) is 12.1 Å². The second-order valence-electron chi connectivity index (χ2n) is 5.98. The minimum atomic E-state index is 0.0188. The van der Waals surface area contributed by atoms with Gasteiger partial charge < -0.3 is 10.6 Å². The molecule has 0 aliphatic rings. The van der Waals surface area contributed by atoms with E-state index in [2.05, 4.69) is 55.4 Å². The van der Waals surface area contributed by atoms with E-state index in [-0.39, 0.29) is 5.91 Å². The number of hydrogen-bond donors (Lipinski definition) is 2. The normalized spacial score (nSPS) is 10.4. The van der Waals surface area contributed by atoms with Crippen molar-refractivity contribution in [2.45, 2.75) is 47.0 Å². The molecule has 122 valence electrons. The van der Waals surface area contributed by atoms with Crippen molar-refractivity contribution in [1.82, 2.24) is 4.98 Å². The van der Waals surface area contributed by atoms with Crippen LogP contribution in [0.2, 0.25) is 0 Å². The fraction of sp³-hybridized carbons (Fsp3) is 0.368. The Morgan fingerprint density at radius 1 is 1.13 bits per heavy atom. The first kappa shape index (κ1) is 17.0. The number of carbonyl (C=O) groups excluding carboxylic acids is 1. The molecule has 23 heavy (non-hydrogen) atoms. The molecule has 1 amide bonds. The first-order valence-corrected chi connectivity index (χ1v) is 8.10. The Hall–Kier alpha value is -2.36. The Balaban J connectivity index is 2.04. The molecule has 1 aromatic heterocycles. The lowest BCUT2D eigenvalue weighted by molar-refractivity contribution is -0.116. The van der Waals surface area contributed by atoms with Crippen LogP contribution in [0.25, 0.3) is 0 Å². The van der Waals surface area contributed by atoms with Crippen molar-refractivity contribution in [3.05, 3.63) is 47.2 Å². The van der Waals surface area contributed by atoms with Gasteiger partial charge in [-0.05, 0) is 50.5 Å². The minimum Gasteiger partial charge on any atom is -0.354 e. The van der Waals surface area contributed by atoms with Crippen molar-refractivity contribution < 1.29 is 4.79 Å². The average molecular weight is 311 g/mol. The zero-order valence-corrected chi connectivity index (χ0v) is 14.4. The standard InChI is InChI=1S/C19H25N3O/c1-5-6-7-18(23)22-17-9-8-16(12-20-17)21-19-14(3)10-13(2)11-15(19)4/h8-12,21H,5-7H2,1-4H3,(H,20,22,23). The molecular formula is C19H25N3O. The van der Waals surface area contributed by atoms with E-state index >= 15 is 0 Å². The van der Waals surface area contributed by atoms with Crippen molar-refractivity contribution >= 4 is 23.1 Å². The molecule has 0 saturated heterocycles. The van der Waals surface area contributed by atoms with Crippen LogP contribution in [0.15, 0.2) is 30.5 Å². The van der Waals surface area contributed by atoms with Crippen LogP contribution in [0.1, 0.15) is 42.9 Å². The van der Waals surface area contributed by atoms with E-state index in [0.717, 1.165) is 24.2 Å². The molecule has 2 N–H and O–H groups in total. The van der Waals surface area contributed by atoms with E-state index in [0.29, 0.717) is 12.2 Å². The summed E-state index contributed by atoms with van der Waals surface area (Å²) in [6.45, 7) is 8.36. The number of pyridine rings is 1. The molecule has 2 aromatic rings. The van der Waals surface area contributed by atoms with Gasteiger partial charge >= 0.3 is 0 Å². The Bertz CT molecular complexity index is 655. The highest BCUT2D eigenvalue weighted by Crippen LogP contribution is 2.25. The number of anilines is 3. The van der Waals surface area contributed by atoms with Gasteiger partial charge in [0.15, 0.2) is 0 Å². The zero-order chi connectivity index (χ0) is 16.8. The maximum atomic E-state index is 11.7. The van der Waals surface area contributed by atoms with Gasteiger partial charge in [-0.15, -0.1) is 0 Å². The van der Waals surface area contributed by atoms with Crippen molar-refractivity contribution in [3.8, 4) is 0 Å². The Kier molecular flexibility index (Phi) is 5.74. The van der Waals surface area contributed by atoms with Gasteiger partial charge in [0.1, 0.15) is 5.82 Å². The average Bonchev–Trinajstić information content (AvgIpc) is 2.50. The number of benzene rings is 1. The summed E-state index contributed by atoms with van der Waals surface area (Å²) >= 11 is 0. The third-order valence-electron chi connectivity index (χ3n) is 3.73. The minimum absolute atomic E-state index is 0.0188. The maximum absolute atomic E-state index is 11.7. The van der Waals surface area contributed by atoms with Crippen LogP contribution in [0.4, 0.5) is 17.2 Å². The smallest absolute Gasteiger partial charge is 0.225 e. The number of nitrogens with zero attached hydrogens (tertiary/aromatic N) is 1. The SMILES string of the molecule is CCCCC(=O)Nc1ccc(Nc2c(C)cc(C)cc2C)cn1. The van der Waals surface area contributed by atoms with Gasteiger partial charge in [0, 0.05) is 12.1 Å². The summed E-state index contributed by atoms with van der Waals surface area (Å²) in [6, 6.07) is 8.07. The third-order valence-corrected chi connectivity index (χ3v) is 3.73. The van der Waals surface area contributed by atoms with Crippen LogP contribution < -0.4 is 10.6 Å². The summed E-state index contributed by atoms with van der Waals surface area (Å²) in [6.07, 6.45) is 4.20. The van der Waals surface area contributed by atoms with Crippen LogP contribution in [0, 0.1) is 20.8 Å². The molecule has 0 radical (unpaired) electrons. The molecule has 0 fully saturated rings. The monoisotopic (exact) mass is 311 g/mol. The summed E-state index contributed by atoms with van der Waals surface area (Å²) < 4.78 is 0. The summed E-state index contributed by atoms with van der Waals surface area (Å²) in [5.74, 6) is 0.610. The number of aromatic nitrogens is 1. The number of aryl methyl sites for hydroxylation is 3. The van der Waals surface area contributed by atoms with Gasteiger partial charge in [-0.2, -0.15) is 0 Å². The topological polar surface area (TPSA) is 54.0 Å². The number of hydrogen-bond acceptors (Lipinski definition) is 3. The van der Waals surface area contributed by atoms with Gasteiger partial charge in [0.05, 0.1) is 11.9 Å². The number of rotatable bonds is 6. The predicted molar refractivity (Wildman–Crippen MR) is 96.3 cm³/mol. The number of carbonyl (C=O) groups is 1. The van der Waals surface area contributed by atoms with E-state index in [4.69, 9.17) is 0 Å². The lowest BCUT2D eigenvalue weighted by Crippen LogP contribution is -2.12. The van der Waals surface area contributed by atoms with Gasteiger partial charge in [0.2, 0.25) is 5.91 Å². The van der Waals surface area contributed by atoms with Crippen molar-refractivity contribution in [1.29, 1.82) is 0 Å². The molecule has 0 bridgehead atoms. The summed E-state index contributed by atoms with van der Waals surface area (Å²) in [5.41, 5.74) is 5.69. The largest absolute Gasteiger partial charge is 0.354 e. The summed E-state index contributed by atoms with van der Waals surface area (Å²) in [5, 5.41) is 6.23. The lowest BCUT2D eigenvalue weighted by Gasteiger charge is -2.14. The predicted octanol–water partition coefficient (Wildman–Crippen LogP) is 4.88. The summed E-state index contributed by atoms with van der Waals surface area (Å²) in [7, 11) is 0. The Morgan fingerprint density at radius 2 is 1.83 bits per heavy atom. The molecule has 0 aliphatic carbocycles. The molecule has 4 nitrogen and oxygen atoms in total. The van der Waals surface area contributed by atoms with Crippen LogP contribution in [0.3, 0.4) is 0 Å². The Morgan fingerprint density at radius 3 is 2.39 bits per heavy atom. The second-order valence-corrected chi connectivity index (χ2v) is 5.98. The van der Waals surface area contributed by atoms with Crippen LogP contribution >= 0.6 is 0 Å². The van der Waals surface area contributed by atoms with Crippen LogP contribution in [-0.4, -0.2) is 10.9 Å². The number of amides is 1.